The van der Waals surface area contributed by atoms with Gasteiger partial charge in [0.05, 0.1) is 5.33 Å². The van der Waals surface area contributed by atoms with E-state index in [1.807, 2.05) is 12.1 Å². The van der Waals surface area contributed by atoms with Gasteiger partial charge in [-0.2, -0.15) is 0 Å². The van der Waals surface area contributed by atoms with Crippen molar-refractivity contribution in [3.05, 3.63) is 35.6 Å². The molecule has 0 spiro atoms. The fourth-order valence-corrected chi connectivity index (χ4v) is 1.79. The van der Waals surface area contributed by atoms with Gasteiger partial charge in [0.2, 0.25) is 5.78 Å². The summed E-state index contributed by atoms with van der Waals surface area (Å²) in [5.41, 5.74) is 2.03. The van der Waals surface area contributed by atoms with E-state index in [1.165, 1.54) is 5.56 Å². The molecule has 0 saturated carbocycles. The lowest BCUT2D eigenvalue weighted by molar-refractivity contribution is 0.0995. The normalized spacial score (nSPS) is 10.8. The Bertz CT molecular complexity index is 499. The Morgan fingerprint density at radius 2 is 2.20 bits per heavy atom. The molecule has 0 radical (unpaired) electrons. The second-order valence-electron chi connectivity index (χ2n) is 3.39. The summed E-state index contributed by atoms with van der Waals surface area (Å²) >= 11 is 3.13. The van der Waals surface area contributed by atoms with Gasteiger partial charge < -0.3 is 4.42 Å². The molecule has 15 heavy (non-hydrogen) atoms. The highest BCUT2D eigenvalue weighted by molar-refractivity contribution is 9.09. The van der Waals surface area contributed by atoms with Crippen LogP contribution in [0.2, 0.25) is 0 Å². The van der Waals surface area contributed by atoms with E-state index in [0.717, 1.165) is 17.4 Å². The quantitative estimate of drug-likeness (QED) is 0.628. The number of fused-ring (bicyclic) bond motifs is 1. The molecule has 0 bridgehead atoms. The van der Waals surface area contributed by atoms with Gasteiger partial charge in [-0.3, -0.25) is 4.79 Å². The topological polar surface area (TPSA) is 30.2 Å². The van der Waals surface area contributed by atoms with E-state index < -0.39 is 0 Å². The van der Waals surface area contributed by atoms with Crippen LogP contribution in [0.5, 0.6) is 0 Å². The first-order valence-electron chi connectivity index (χ1n) is 4.86. The van der Waals surface area contributed by atoms with Crippen molar-refractivity contribution in [1.29, 1.82) is 0 Å². The highest BCUT2D eigenvalue weighted by Gasteiger charge is 2.10. The molecule has 0 fully saturated rings. The first-order valence-corrected chi connectivity index (χ1v) is 5.98. The number of ketones is 1. The monoisotopic (exact) mass is 266 g/mol. The molecule has 2 rings (SSSR count). The highest BCUT2D eigenvalue weighted by atomic mass is 79.9. The number of furan rings is 1. The van der Waals surface area contributed by atoms with E-state index in [4.69, 9.17) is 4.42 Å². The van der Waals surface area contributed by atoms with Gasteiger partial charge in [-0.1, -0.05) is 28.9 Å². The zero-order chi connectivity index (χ0) is 10.8. The van der Waals surface area contributed by atoms with E-state index in [1.54, 1.807) is 6.07 Å². The van der Waals surface area contributed by atoms with Gasteiger partial charge in [0.15, 0.2) is 5.76 Å². The molecular weight excluding hydrogens is 256 g/mol. The number of benzene rings is 1. The molecule has 2 aromatic rings. The fourth-order valence-electron chi connectivity index (χ4n) is 1.52. The molecule has 0 aliphatic rings. The molecule has 0 atom stereocenters. The van der Waals surface area contributed by atoms with Crippen LogP contribution >= 0.6 is 15.9 Å². The molecule has 1 aromatic heterocycles. The van der Waals surface area contributed by atoms with Crippen LogP contribution in [-0.4, -0.2) is 11.1 Å². The van der Waals surface area contributed by atoms with Crippen molar-refractivity contribution in [3.63, 3.8) is 0 Å². The number of aryl methyl sites for hydroxylation is 1. The molecule has 1 aromatic carbocycles. The van der Waals surface area contributed by atoms with E-state index >= 15 is 0 Å². The first-order chi connectivity index (χ1) is 7.24. The number of Topliss-reactive ketones (excluding diaryl/α,β-unsaturated/α-hetero) is 1. The number of halogens is 1. The van der Waals surface area contributed by atoms with Gasteiger partial charge in [0.25, 0.3) is 0 Å². The molecule has 0 saturated heterocycles. The minimum atomic E-state index is -0.0238. The summed E-state index contributed by atoms with van der Waals surface area (Å²) < 4.78 is 5.44. The average molecular weight is 267 g/mol. The van der Waals surface area contributed by atoms with Crippen molar-refractivity contribution in [2.75, 3.05) is 5.33 Å². The summed E-state index contributed by atoms with van der Waals surface area (Å²) in [6.07, 6.45) is 0.989. The summed E-state index contributed by atoms with van der Waals surface area (Å²) in [5, 5.41) is 1.30. The fraction of sp³-hybridized carbons (Fsp3) is 0.250. The third kappa shape index (κ3) is 1.97. The van der Waals surface area contributed by atoms with Crippen LogP contribution in [-0.2, 0) is 6.42 Å². The average Bonchev–Trinajstić information content (AvgIpc) is 2.70. The molecular formula is C12H11BrO2. The van der Waals surface area contributed by atoms with Gasteiger partial charge in [-0.15, -0.1) is 0 Å². The predicted molar refractivity (Wildman–Crippen MR) is 63.7 cm³/mol. The molecule has 1 heterocycles. The number of hydrogen-bond acceptors (Lipinski definition) is 2. The molecule has 2 nitrogen and oxygen atoms in total. The van der Waals surface area contributed by atoms with Crippen LogP contribution in [0.15, 0.2) is 28.7 Å². The standard InChI is InChI=1S/C12H11BrO2/c1-2-8-3-4-11-9(5-8)6-12(15-11)10(14)7-13/h3-6H,2,7H2,1H3. The van der Waals surface area contributed by atoms with Crippen molar-refractivity contribution in [1.82, 2.24) is 0 Å². The zero-order valence-corrected chi connectivity index (χ0v) is 10.0. The van der Waals surface area contributed by atoms with Crippen molar-refractivity contribution in [2.45, 2.75) is 13.3 Å². The molecule has 0 unspecified atom stereocenters. The van der Waals surface area contributed by atoms with Crippen LogP contribution in [0.3, 0.4) is 0 Å². The number of rotatable bonds is 3. The van der Waals surface area contributed by atoms with E-state index in [-0.39, 0.29) is 5.78 Å². The Kier molecular flexibility index (Phi) is 2.91. The van der Waals surface area contributed by atoms with Crippen molar-refractivity contribution >= 4 is 32.7 Å². The molecule has 0 N–H and O–H groups in total. The number of alkyl halides is 1. The third-order valence-electron chi connectivity index (χ3n) is 2.39. The Balaban J connectivity index is 2.51. The number of carbonyl (C=O) groups excluding carboxylic acids is 1. The van der Waals surface area contributed by atoms with Gasteiger partial charge in [-0.05, 0) is 30.2 Å². The Labute approximate surface area is 96.4 Å². The lowest BCUT2D eigenvalue weighted by Crippen LogP contribution is -1.96. The van der Waals surface area contributed by atoms with E-state index in [9.17, 15) is 4.79 Å². The Morgan fingerprint density at radius 1 is 1.40 bits per heavy atom. The van der Waals surface area contributed by atoms with E-state index in [0.29, 0.717) is 11.1 Å². The lowest BCUT2D eigenvalue weighted by Gasteiger charge is -1.93. The van der Waals surface area contributed by atoms with Gasteiger partial charge in [0, 0.05) is 5.39 Å². The second kappa shape index (κ2) is 4.19. The molecule has 0 aliphatic heterocycles. The summed E-state index contributed by atoms with van der Waals surface area (Å²) in [4.78, 5) is 11.4. The molecule has 0 amide bonds. The largest absolute Gasteiger partial charge is 0.453 e. The molecule has 3 heteroatoms. The molecule has 78 valence electrons. The minimum Gasteiger partial charge on any atom is -0.453 e. The maximum absolute atomic E-state index is 11.4. The maximum atomic E-state index is 11.4. The van der Waals surface area contributed by atoms with Gasteiger partial charge >= 0.3 is 0 Å². The van der Waals surface area contributed by atoms with Crippen LogP contribution in [0, 0.1) is 0 Å². The summed E-state index contributed by atoms with van der Waals surface area (Å²) in [6, 6.07) is 7.80. The summed E-state index contributed by atoms with van der Waals surface area (Å²) in [7, 11) is 0. The molecule has 0 aliphatic carbocycles. The Morgan fingerprint density at radius 3 is 2.87 bits per heavy atom. The van der Waals surface area contributed by atoms with Crippen molar-refractivity contribution in [2.24, 2.45) is 0 Å². The van der Waals surface area contributed by atoms with Crippen LogP contribution in [0.1, 0.15) is 23.0 Å². The van der Waals surface area contributed by atoms with Gasteiger partial charge in [-0.25, -0.2) is 0 Å². The van der Waals surface area contributed by atoms with Gasteiger partial charge in [0.1, 0.15) is 5.58 Å². The summed E-state index contributed by atoms with van der Waals surface area (Å²) in [6.45, 7) is 2.10. The number of carbonyl (C=O) groups is 1. The highest BCUT2D eigenvalue weighted by Crippen LogP contribution is 2.21. The van der Waals surface area contributed by atoms with Crippen molar-refractivity contribution < 1.29 is 9.21 Å². The summed E-state index contributed by atoms with van der Waals surface area (Å²) in [5.74, 6) is 0.402. The van der Waals surface area contributed by atoms with Crippen LogP contribution < -0.4 is 0 Å². The van der Waals surface area contributed by atoms with Crippen molar-refractivity contribution in [3.8, 4) is 0 Å². The van der Waals surface area contributed by atoms with Crippen LogP contribution in [0.25, 0.3) is 11.0 Å². The van der Waals surface area contributed by atoms with Crippen LogP contribution in [0.4, 0.5) is 0 Å². The first kappa shape index (κ1) is 10.4. The maximum Gasteiger partial charge on any atom is 0.208 e. The lowest BCUT2D eigenvalue weighted by atomic mass is 10.1. The third-order valence-corrected chi connectivity index (χ3v) is 2.89. The minimum absolute atomic E-state index is 0.0238. The second-order valence-corrected chi connectivity index (χ2v) is 3.95. The zero-order valence-electron chi connectivity index (χ0n) is 8.42. The smallest absolute Gasteiger partial charge is 0.208 e. The van der Waals surface area contributed by atoms with E-state index in [2.05, 4.69) is 28.9 Å². The SMILES string of the molecule is CCc1ccc2oc(C(=O)CBr)cc2c1. The Hall–Kier alpha value is -1.09. The number of hydrogen-bond donors (Lipinski definition) is 0. The predicted octanol–water partition coefficient (Wildman–Crippen LogP) is 3.57.